The smallest absolute Gasteiger partial charge is 0.233 e. The van der Waals surface area contributed by atoms with E-state index in [1.165, 1.54) is 17.3 Å². The molecule has 4 heterocycles. The maximum atomic E-state index is 12.8. The van der Waals surface area contributed by atoms with Crippen molar-refractivity contribution >= 4 is 23.3 Å². The third-order valence-corrected chi connectivity index (χ3v) is 6.67. The summed E-state index contributed by atoms with van der Waals surface area (Å²) in [5.74, 6) is 1.97. The molecule has 1 aliphatic heterocycles. The second-order valence-corrected chi connectivity index (χ2v) is 9.00. The van der Waals surface area contributed by atoms with E-state index < -0.39 is 0 Å². The van der Waals surface area contributed by atoms with E-state index in [1.807, 2.05) is 41.3 Å². The minimum Gasteiger partial charge on any atom is -0.497 e. The minimum atomic E-state index is 0.129. The zero-order chi connectivity index (χ0) is 23.3. The molecule has 0 atom stereocenters. The molecular weight excluding hydrogens is 450 g/mol. The summed E-state index contributed by atoms with van der Waals surface area (Å²) in [6, 6.07) is 15.6. The third kappa shape index (κ3) is 5.02. The van der Waals surface area contributed by atoms with Crippen LogP contribution in [0.1, 0.15) is 5.56 Å². The first-order valence-electron chi connectivity index (χ1n) is 11.1. The second-order valence-electron chi connectivity index (χ2n) is 8.00. The van der Waals surface area contributed by atoms with Crippen LogP contribution in [0, 0.1) is 0 Å². The van der Waals surface area contributed by atoms with E-state index >= 15 is 0 Å². The number of amides is 1. The molecule has 0 saturated carbocycles. The Morgan fingerprint density at radius 2 is 1.94 bits per heavy atom. The van der Waals surface area contributed by atoms with E-state index in [9.17, 15) is 4.79 Å². The van der Waals surface area contributed by atoms with Crippen LogP contribution in [-0.2, 0) is 11.3 Å². The van der Waals surface area contributed by atoms with Gasteiger partial charge in [-0.25, -0.2) is 0 Å². The molecule has 0 aliphatic carbocycles. The zero-order valence-corrected chi connectivity index (χ0v) is 19.7. The lowest BCUT2D eigenvalue weighted by molar-refractivity contribution is -0.130. The molecule has 0 N–H and O–H groups in total. The highest BCUT2D eigenvalue weighted by Gasteiger charge is 2.21. The summed E-state index contributed by atoms with van der Waals surface area (Å²) < 4.78 is 7.01. The van der Waals surface area contributed by atoms with Crippen molar-refractivity contribution in [1.29, 1.82) is 0 Å². The quantitative estimate of drug-likeness (QED) is 0.377. The highest BCUT2D eigenvalue weighted by molar-refractivity contribution is 7.99. The number of hydrogen-bond acceptors (Lipinski definition) is 8. The predicted molar refractivity (Wildman–Crippen MR) is 130 cm³/mol. The predicted octanol–water partition coefficient (Wildman–Crippen LogP) is 2.63. The summed E-state index contributed by atoms with van der Waals surface area (Å²) in [5, 5.41) is 13.8. The SMILES string of the molecule is COc1cccc(CN2CCN(C(=O)CSc3ccc4nnc(-c5cccnc5)n4n3)CC2)c1. The van der Waals surface area contributed by atoms with Crippen LogP contribution in [0.5, 0.6) is 5.75 Å². The lowest BCUT2D eigenvalue weighted by Gasteiger charge is -2.34. The first kappa shape index (κ1) is 22.3. The minimum absolute atomic E-state index is 0.129. The Morgan fingerprint density at radius 1 is 1.06 bits per heavy atom. The Balaban J connectivity index is 1.16. The fraction of sp³-hybridized carbons (Fsp3) is 0.292. The van der Waals surface area contributed by atoms with E-state index in [-0.39, 0.29) is 5.91 Å². The summed E-state index contributed by atoms with van der Waals surface area (Å²) >= 11 is 1.43. The van der Waals surface area contributed by atoms with Gasteiger partial charge in [0.1, 0.15) is 10.8 Å². The molecule has 1 saturated heterocycles. The van der Waals surface area contributed by atoms with Gasteiger partial charge in [-0.15, -0.1) is 10.2 Å². The number of carbonyl (C=O) groups excluding carboxylic acids is 1. The van der Waals surface area contributed by atoms with Gasteiger partial charge in [-0.3, -0.25) is 14.7 Å². The molecule has 0 radical (unpaired) electrons. The largest absolute Gasteiger partial charge is 0.497 e. The Hall–Kier alpha value is -3.50. The fourth-order valence-corrected chi connectivity index (χ4v) is 4.69. The number of ether oxygens (including phenoxy) is 1. The Bertz CT molecular complexity index is 1270. The number of aromatic nitrogens is 5. The number of rotatable bonds is 7. The molecule has 10 heteroatoms. The first-order chi connectivity index (χ1) is 16.7. The van der Waals surface area contributed by atoms with Crippen LogP contribution >= 0.6 is 11.8 Å². The van der Waals surface area contributed by atoms with Gasteiger partial charge < -0.3 is 9.64 Å². The van der Waals surface area contributed by atoms with Crippen molar-refractivity contribution in [3.8, 4) is 17.1 Å². The van der Waals surface area contributed by atoms with Crippen molar-refractivity contribution in [1.82, 2.24) is 34.6 Å². The van der Waals surface area contributed by atoms with Gasteiger partial charge in [-0.05, 0) is 42.0 Å². The van der Waals surface area contributed by atoms with Gasteiger partial charge in [0, 0.05) is 50.7 Å². The Labute approximate surface area is 201 Å². The van der Waals surface area contributed by atoms with Crippen molar-refractivity contribution < 1.29 is 9.53 Å². The number of fused-ring (bicyclic) bond motifs is 1. The van der Waals surface area contributed by atoms with Crippen LogP contribution in [0.3, 0.4) is 0 Å². The first-order valence-corrected chi connectivity index (χ1v) is 12.1. The Kier molecular flexibility index (Phi) is 6.68. The lowest BCUT2D eigenvalue weighted by atomic mass is 10.2. The maximum absolute atomic E-state index is 12.8. The number of methoxy groups -OCH3 is 1. The Morgan fingerprint density at radius 3 is 2.74 bits per heavy atom. The van der Waals surface area contributed by atoms with Gasteiger partial charge in [0.15, 0.2) is 11.5 Å². The van der Waals surface area contributed by atoms with E-state index in [0.717, 1.165) is 49.1 Å². The van der Waals surface area contributed by atoms with Gasteiger partial charge in [-0.1, -0.05) is 23.9 Å². The summed E-state index contributed by atoms with van der Waals surface area (Å²) in [6.07, 6.45) is 3.45. The molecule has 4 aromatic rings. The van der Waals surface area contributed by atoms with E-state index in [0.29, 0.717) is 17.2 Å². The van der Waals surface area contributed by atoms with Crippen molar-refractivity contribution in [2.45, 2.75) is 11.6 Å². The van der Waals surface area contributed by atoms with Gasteiger partial charge in [-0.2, -0.15) is 9.61 Å². The van der Waals surface area contributed by atoms with Crippen molar-refractivity contribution in [3.05, 3.63) is 66.5 Å². The van der Waals surface area contributed by atoms with Crippen molar-refractivity contribution in [2.75, 3.05) is 39.0 Å². The second kappa shape index (κ2) is 10.2. The highest BCUT2D eigenvalue weighted by atomic mass is 32.2. The standard InChI is InChI=1S/C24H25N7O2S/c1-33-20-6-2-4-18(14-20)16-29-10-12-30(13-11-29)23(32)17-34-22-8-7-21-26-27-24(31(21)28-22)19-5-3-9-25-15-19/h2-9,14-15H,10-13,16-17H2,1H3. The molecule has 0 spiro atoms. The van der Waals surface area contributed by atoms with Crippen LogP contribution in [0.4, 0.5) is 0 Å². The number of carbonyl (C=O) groups is 1. The molecule has 1 amide bonds. The highest BCUT2D eigenvalue weighted by Crippen LogP contribution is 2.21. The average Bonchev–Trinajstić information content (AvgIpc) is 3.32. The van der Waals surface area contributed by atoms with Crippen LogP contribution in [-0.4, -0.2) is 79.5 Å². The number of thioether (sulfide) groups is 1. The zero-order valence-electron chi connectivity index (χ0n) is 18.9. The summed E-state index contributed by atoms with van der Waals surface area (Å²) in [5.41, 5.74) is 2.71. The number of piperazine rings is 1. The molecule has 1 aromatic carbocycles. The molecular formula is C24H25N7O2S. The summed E-state index contributed by atoms with van der Waals surface area (Å²) in [7, 11) is 1.68. The average molecular weight is 476 g/mol. The normalized spacial score (nSPS) is 14.4. The van der Waals surface area contributed by atoms with Crippen LogP contribution < -0.4 is 4.74 Å². The van der Waals surface area contributed by atoms with Gasteiger partial charge in [0.25, 0.3) is 0 Å². The molecule has 0 unspecified atom stereocenters. The number of hydrogen-bond donors (Lipinski definition) is 0. The van der Waals surface area contributed by atoms with E-state index in [4.69, 9.17) is 4.74 Å². The summed E-state index contributed by atoms with van der Waals surface area (Å²) in [6.45, 7) is 4.02. The maximum Gasteiger partial charge on any atom is 0.233 e. The number of benzene rings is 1. The van der Waals surface area contributed by atoms with E-state index in [2.05, 4.69) is 37.3 Å². The molecule has 3 aromatic heterocycles. The number of nitrogens with zero attached hydrogens (tertiary/aromatic N) is 7. The summed E-state index contributed by atoms with van der Waals surface area (Å²) in [4.78, 5) is 21.3. The topological polar surface area (TPSA) is 88.8 Å². The molecule has 1 fully saturated rings. The van der Waals surface area contributed by atoms with E-state index in [1.54, 1.807) is 24.0 Å². The van der Waals surface area contributed by atoms with Crippen LogP contribution in [0.25, 0.3) is 17.0 Å². The monoisotopic (exact) mass is 475 g/mol. The molecule has 1 aliphatic rings. The van der Waals surface area contributed by atoms with Crippen LogP contribution in [0.2, 0.25) is 0 Å². The van der Waals surface area contributed by atoms with Gasteiger partial charge in [0.2, 0.25) is 5.91 Å². The molecule has 174 valence electrons. The van der Waals surface area contributed by atoms with Crippen molar-refractivity contribution in [3.63, 3.8) is 0 Å². The van der Waals surface area contributed by atoms with Crippen LogP contribution in [0.15, 0.2) is 66.0 Å². The van der Waals surface area contributed by atoms with Gasteiger partial charge >= 0.3 is 0 Å². The molecule has 34 heavy (non-hydrogen) atoms. The van der Waals surface area contributed by atoms with Gasteiger partial charge in [0.05, 0.1) is 12.9 Å². The number of pyridine rings is 1. The molecule has 0 bridgehead atoms. The van der Waals surface area contributed by atoms with Crippen molar-refractivity contribution in [2.24, 2.45) is 0 Å². The molecule has 5 rings (SSSR count). The third-order valence-electron chi connectivity index (χ3n) is 5.77. The fourth-order valence-electron chi connectivity index (χ4n) is 3.94. The molecule has 9 nitrogen and oxygen atoms in total. The lowest BCUT2D eigenvalue weighted by Crippen LogP contribution is -2.48.